The molecule has 0 aliphatic heterocycles. The molecular formula is C34H28F3N5O5S. The van der Waals surface area contributed by atoms with Crippen LogP contribution in [-0.2, 0) is 32.8 Å². The molecule has 6 aromatic rings. The Kier molecular flexibility index (Phi) is 9.08. The van der Waals surface area contributed by atoms with Gasteiger partial charge in [-0.2, -0.15) is 13.2 Å². The molecule has 10 nitrogen and oxygen atoms in total. The minimum Gasteiger partial charge on any atom is -0.494 e. The lowest BCUT2D eigenvalue weighted by molar-refractivity contribution is -0.137. The topological polar surface area (TPSA) is 130 Å². The summed E-state index contributed by atoms with van der Waals surface area (Å²) in [5.74, 6) is 2.26. The Morgan fingerprint density at radius 1 is 0.958 bits per heavy atom. The number of carbonyl (C=O) groups is 1. The molecular weight excluding hydrogens is 647 g/mol. The summed E-state index contributed by atoms with van der Waals surface area (Å²) in [5, 5.41) is 15.1. The second-order valence-corrected chi connectivity index (χ2v) is 11.8. The number of hydrogen-bond donors (Lipinski definition) is 4. The van der Waals surface area contributed by atoms with Crippen LogP contribution in [0.25, 0.3) is 11.0 Å². The molecule has 2 heterocycles. The molecule has 48 heavy (non-hydrogen) atoms. The van der Waals surface area contributed by atoms with Crippen molar-refractivity contribution in [2.75, 3.05) is 5.32 Å². The molecule has 0 saturated carbocycles. The number of nitrogens with zero attached hydrogens (tertiary/aromatic N) is 2. The molecule has 2 aromatic heterocycles. The van der Waals surface area contributed by atoms with Crippen molar-refractivity contribution in [3.8, 4) is 23.1 Å². The zero-order chi connectivity index (χ0) is 33.8. The van der Waals surface area contributed by atoms with Gasteiger partial charge >= 0.3 is 17.1 Å². The fourth-order valence-electron chi connectivity index (χ4n) is 4.86. The number of benzene rings is 4. The second-order valence-electron chi connectivity index (χ2n) is 10.8. The zero-order valence-corrected chi connectivity index (χ0v) is 26.1. The van der Waals surface area contributed by atoms with E-state index < -0.39 is 17.8 Å². The van der Waals surface area contributed by atoms with Crippen LogP contribution < -0.4 is 25.0 Å². The molecule has 6 rings (SSSR count). The van der Waals surface area contributed by atoms with Crippen molar-refractivity contribution in [3.05, 3.63) is 128 Å². The van der Waals surface area contributed by atoms with Gasteiger partial charge in [-0.1, -0.05) is 41.7 Å². The fraction of sp³-hybridized carbons (Fsp3) is 0.147. The number of amides is 2. The Bertz CT molecular complexity index is 2120. The molecule has 4 aromatic carbocycles. The number of aromatic nitrogens is 3. The number of hydrogen-bond acceptors (Lipinski definition) is 7. The molecule has 0 saturated heterocycles. The number of anilines is 1. The predicted octanol–water partition coefficient (Wildman–Crippen LogP) is 7.33. The van der Waals surface area contributed by atoms with Crippen LogP contribution in [0.1, 0.15) is 27.4 Å². The molecule has 0 spiro atoms. The number of aromatic hydroxyl groups is 1. The second kappa shape index (κ2) is 13.5. The Balaban J connectivity index is 1.04. The number of aryl methyl sites for hydroxylation is 1. The van der Waals surface area contributed by atoms with Crippen LogP contribution in [-0.4, -0.2) is 25.7 Å². The number of urea groups is 1. The van der Waals surface area contributed by atoms with Gasteiger partial charge in [-0.05, 0) is 59.7 Å². The predicted molar refractivity (Wildman–Crippen MR) is 175 cm³/mol. The molecule has 0 bridgehead atoms. The largest absolute Gasteiger partial charge is 0.494 e. The number of thiazole rings is 1. The van der Waals surface area contributed by atoms with Crippen molar-refractivity contribution in [2.45, 2.75) is 25.7 Å². The van der Waals surface area contributed by atoms with E-state index in [1.165, 1.54) is 12.1 Å². The van der Waals surface area contributed by atoms with Gasteiger partial charge in [0.1, 0.15) is 29.7 Å². The first kappa shape index (κ1) is 32.2. The molecule has 2 amide bonds. The third kappa shape index (κ3) is 7.78. The summed E-state index contributed by atoms with van der Waals surface area (Å²) in [6, 6.07) is 23.7. The number of aromatic amines is 1. The number of carbonyl (C=O) groups excluding carboxylic acids is 1. The maximum absolute atomic E-state index is 12.8. The summed E-state index contributed by atoms with van der Waals surface area (Å²) in [6.45, 7) is 0.270. The number of fused-ring (bicyclic) bond motifs is 1. The standard InChI is InChI=1S/C34H28F3N5O5S/c1-42-28-17-26(47-25-4-2-3-23(16-25)39-32(44)38-18-21-5-9-22(10-6-21)34(35,36)37)13-14-27(28)40-30(42)19-46-24-11-7-20(8-12-24)15-29-31(43)41-33(45)48-29/h2-14,16-17,43H,15,18-19H2,1H3,(H,41,45)(H2,38,39,44). The fourth-order valence-corrected chi connectivity index (χ4v) is 5.62. The number of H-pyrrole nitrogens is 1. The average Bonchev–Trinajstić information content (AvgIpc) is 3.55. The number of ether oxygens (including phenoxy) is 2. The number of imidazole rings is 1. The quantitative estimate of drug-likeness (QED) is 0.120. The van der Waals surface area contributed by atoms with Crippen molar-refractivity contribution >= 4 is 34.1 Å². The van der Waals surface area contributed by atoms with E-state index in [9.17, 15) is 27.9 Å². The van der Waals surface area contributed by atoms with Gasteiger partial charge in [0.05, 0.1) is 21.5 Å². The van der Waals surface area contributed by atoms with E-state index in [0.717, 1.165) is 40.1 Å². The summed E-state index contributed by atoms with van der Waals surface area (Å²) in [6.07, 6.45) is -3.99. The number of alkyl halides is 3. The summed E-state index contributed by atoms with van der Waals surface area (Å²) in [5.41, 5.74) is 2.74. The van der Waals surface area contributed by atoms with Gasteiger partial charge < -0.3 is 29.8 Å². The Labute approximate surface area is 275 Å². The minimum atomic E-state index is -4.42. The smallest absolute Gasteiger partial charge is 0.416 e. The third-order valence-electron chi connectivity index (χ3n) is 7.36. The lowest BCUT2D eigenvalue weighted by atomic mass is 10.1. The van der Waals surface area contributed by atoms with Crippen molar-refractivity contribution in [2.24, 2.45) is 7.05 Å². The highest BCUT2D eigenvalue weighted by Crippen LogP contribution is 2.30. The summed E-state index contributed by atoms with van der Waals surface area (Å²) >= 11 is 0.977. The van der Waals surface area contributed by atoms with Crippen molar-refractivity contribution in [1.29, 1.82) is 0 Å². The van der Waals surface area contributed by atoms with Crippen molar-refractivity contribution in [1.82, 2.24) is 19.9 Å². The monoisotopic (exact) mass is 675 g/mol. The molecule has 4 N–H and O–H groups in total. The average molecular weight is 676 g/mol. The van der Waals surface area contributed by atoms with E-state index in [4.69, 9.17) is 9.47 Å². The van der Waals surface area contributed by atoms with Gasteiger partial charge in [0.2, 0.25) is 5.88 Å². The zero-order valence-electron chi connectivity index (χ0n) is 25.3. The molecule has 0 aliphatic carbocycles. The summed E-state index contributed by atoms with van der Waals surface area (Å²) < 4.78 is 52.2. The van der Waals surface area contributed by atoms with E-state index in [-0.39, 0.29) is 23.9 Å². The highest BCUT2D eigenvalue weighted by atomic mass is 32.1. The highest BCUT2D eigenvalue weighted by molar-refractivity contribution is 7.09. The van der Waals surface area contributed by atoms with Crippen LogP contribution >= 0.6 is 11.3 Å². The SMILES string of the molecule is Cn1c(COc2ccc(Cc3sc(=O)[nH]c3O)cc2)nc2ccc(Oc3cccc(NC(=O)NCc4ccc(C(F)(F)F)cc4)c3)cc21. The van der Waals surface area contributed by atoms with Gasteiger partial charge in [-0.25, -0.2) is 9.78 Å². The Hall–Kier alpha value is -5.76. The van der Waals surface area contributed by atoms with Crippen molar-refractivity contribution in [3.63, 3.8) is 0 Å². The third-order valence-corrected chi connectivity index (χ3v) is 8.23. The van der Waals surface area contributed by atoms with Gasteiger partial charge in [-0.3, -0.25) is 9.78 Å². The van der Waals surface area contributed by atoms with Gasteiger partial charge in [0, 0.05) is 37.8 Å². The highest BCUT2D eigenvalue weighted by Gasteiger charge is 2.29. The number of halogens is 3. The molecule has 0 radical (unpaired) electrons. The lowest BCUT2D eigenvalue weighted by Gasteiger charge is -2.11. The maximum atomic E-state index is 12.8. The summed E-state index contributed by atoms with van der Waals surface area (Å²) in [7, 11) is 1.88. The van der Waals surface area contributed by atoms with E-state index >= 15 is 0 Å². The van der Waals surface area contributed by atoms with Gasteiger partial charge in [0.25, 0.3) is 0 Å². The molecule has 0 aliphatic rings. The lowest BCUT2D eigenvalue weighted by Crippen LogP contribution is -2.28. The van der Waals surface area contributed by atoms with E-state index in [0.29, 0.717) is 45.6 Å². The van der Waals surface area contributed by atoms with Crippen LogP contribution in [0.2, 0.25) is 0 Å². The first-order valence-electron chi connectivity index (χ1n) is 14.6. The van der Waals surface area contributed by atoms with Crippen LogP contribution in [0, 0.1) is 0 Å². The van der Waals surface area contributed by atoms with Gasteiger partial charge in [0.15, 0.2) is 0 Å². The van der Waals surface area contributed by atoms with Crippen LogP contribution in [0.5, 0.6) is 23.1 Å². The first-order valence-corrected chi connectivity index (χ1v) is 15.4. The van der Waals surface area contributed by atoms with E-state index in [1.807, 2.05) is 48.0 Å². The maximum Gasteiger partial charge on any atom is 0.416 e. The van der Waals surface area contributed by atoms with Crippen LogP contribution in [0.15, 0.2) is 95.8 Å². The normalized spacial score (nSPS) is 11.4. The van der Waals surface area contributed by atoms with Crippen LogP contribution in [0.4, 0.5) is 23.7 Å². The van der Waals surface area contributed by atoms with E-state index in [1.54, 1.807) is 30.3 Å². The van der Waals surface area contributed by atoms with E-state index in [2.05, 4.69) is 20.6 Å². The Morgan fingerprint density at radius 2 is 1.67 bits per heavy atom. The minimum absolute atomic E-state index is 0.0519. The molecule has 0 unspecified atom stereocenters. The molecule has 246 valence electrons. The molecule has 0 fully saturated rings. The number of nitrogens with one attached hydrogen (secondary N) is 3. The molecule has 0 atom stereocenters. The first-order chi connectivity index (χ1) is 23.0. The molecule has 14 heteroatoms. The van der Waals surface area contributed by atoms with Gasteiger partial charge in [-0.15, -0.1) is 0 Å². The summed E-state index contributed by atoms with van der Waals surface area (Å²) in [4.78, 5) is 31.2. The number of rotatable bonds is 10. The van der Waals surface area contributed by atoms with Crippen LogP contribution in [0.3, 0.4) is 0 Å². The van der Waals surface area contributed by atoms with Crippen molar-refractivity contribution < 1.29 is 32.5 Å². The Morgan fingerprint density at radius 3 is 2.38 bits per heavy atom.